The van der Waals surface area contributed by atoms with E-state index < -0.39 is 11.7 Å². The van der Waals surface area contributed by atoms with Gasteiger partial charge in [-0.25, -0.2) is 0 Å². The fraction of sp³-hybridized carbons (Fsp3) is 0.889. The average molecular weight is 311 g/mol. The number of hydrogen-bond donors (Lipinski definition) is 2. The fourth-order valence-corrected chi connectivity index (χ4v) is 3.64. The molecule has 22 heavy (non-hydrogen) atoms. The zero-order valence-corrected chi connectivity index (χ0v) is 15.0. The lowest BCUT2D eigenvalue weighted by Gasteiger charge is -2.55. The molecular weight excluding hydrogens is 278 g/mol. The van der Waals surface area contributed by atoms with Crippen LogP contribution >= 0.6 is 0 Å². The zero-order valence-electron chi connectivity index (χ0n) is 15.0. The molecule has 1 saturated heterocycles. The Morgan fingerprint density at radius 1 is 1.27 bits per heavy atom. The van der Waals surface area contributed by atoms with E-state index >= 15 is 0 Å². The second-order valence-electron chi connectivity index (χ2n) is 8.40. The van der Waals surface area contributed by atoms with E-state index in [-0.39, 0.29) is 23.8 Å². The Morgan fingerprint density at radius 3 is 2.23 bits per heavy atom. The van der Waals surface area contributed by atoms with Crippen molar-refractivity contribution in [2.24, 2.45) is 0 Å². The van der Waals surface area contributed by atoms with Gasteiger partial charge in [0, 0.05) is 24.0 Å². The van der Waals surface area contributed by atoms with E-state index in [0.717, 1.165) is 0 Å². The number of hydrogen-bond acceptors (Lipinski definition) is 4. The maximum Gasteiger partial charge on any atom is 0.0900 e. The second-order valence-corrected chi connectivity index (χ2v) is 8.40. The third-order valence-corrected chi connectivity index (χ3v) is 4.52. The predicted molar refractivity (Wildman–Crippen MR) is 89.6 cm³/mol. The maximum atomic E-state index is 10.4. The zero-order chi connectivity index (χ0) is 17.2. The summed E-state index contributed by atoms with van der Waals surface area (Å²) in [6.45, 7) is 13.1. The van der Waals surface area contributed by atoms with Crippen LogP contribution in [-0.4, -0.2) is 57.2 Å². The molecule has 1 aliphatic rings. The van der Waals surface area contributed by atoms with Gasteiger partial charge in [0.25, 0.3) is 0 Å². The summed E-state index contributed by atoms with van der Waals surface area (Å²) in [4.78, 5) is 2.29. The molecule has 0 unspecified atom stereocenters. The molecule has 0 aromatic heterocycles. The highest BCUT2D eigenvalue weighted by Crippen LogP contribution is 2.38. The Hall–Kier alpha value is -0.600. The predicted octanol–water partition coefficient (Wildman–Crippen LogP) is 2.18. The quantitative estimate of drug-likeness (QED) is 0.738. The van der Waals surface area contributed by atoms with E-state index in [1.807, 2.05) is 13.8 Å². The maximum absolute atomic E-state index is 10.4. The van der Waals surface area contributed by atoms with Crippen LogP contribution in [0.4, 0.5) is 0 Å². The molecule has 0 bridgehead atoms. The van der Waals surface area contributed by atoms with E-state index in [9.17, 15) is 10.2 Å². The molecule has 128 valence electrons. The molecule has 0 saturated carbocycles. The van der Waals surface area contributed by atoms with Crippen molar-refractivity contribution in [2.75, 3.05) is 13.2 Å². The molecular formula is C18H33NO3. The van der Waals surface area contributed by atoms with Crippen molar-refractivity contribution in [1.29, 1.82) is 0 Å². The lowest BCUT2D eigenvalue weighted by molar-refractivity contribution is -0.116. The molecule has 2 N–H and O–H groups in total. The van der Waals surface area contributed by atoms with Crippen LogP contribution < -0.4 is 0 Å². The fourth-order valence-electron chi connectivity index (χ4n) is 3.64. The summed E-state index contributed by atoms with van der Waals surface area (Å²) in [5.74, 6) is 2.60. The topological polar surface area (TPSA) is 52.9 Å². The van der Waals surface area contributed by atoms with E-state index in [1.165, 1.54) is 0 Å². The summed E-state index contributed by atoms with van der Waals surface area (Å²) in [6.07, 6.45) is 6.41. The Bertz CT molecular complexity index is 391. The lowest BCUT2D eigenvalue weighted by atomic mass is 9.78. The third kappa shape index (κ3) is 5.24. The summed E-state index contributed by atoms with van der Waals surface area (Å²) in [5, 5.41) is 20.5. The summed E-state index contributed by atoms with van der Waals surface area (Å²) < 4.78 is 5.76. The molecule has 0 radical (unpaired) electrons. The van der Waals surface area contributed by atoms with Gasteiger partial charge in [-0.15, -0.1) is 12.3 Å². The average Bonchev–Trinajstić information content (AvgIpc) is 2.30. The molecule has 0 amide bonds. The highest BCUT2D eigenvalue weighted by molar-refractivity contribution is 5.00. The molecule has 1 rings (SSSR count). The van der Waals surface area contributed by atoms with Crippen LogP contribution in [0.3, 0.4) is 0 Å². The lowest BCUT2D eigenvalue weighted by Crippen LogP contribution is -2.63. The number of nitrogens with zero attached hydrogens (tertiary/aromatic N) is 1. The van der Waals surface area contributed by atoms with E-state index in [4.69, 9.17) is 11.2 Å². The van der Waals surface area contributed by atoms with Gasteiger partial charge in [0.05, 0.1) is 24.4 Å². The van der Waals surface area contributed by atoms with Gasteiger partial charge in [-0.05, 0) is 54.4 Å². The summed E-state index contributed by atoms with van der Waals surface area (Å²) in [5.41, 5.74) is -0.730. The Kier molecular flexibility index (Phi) is 6.08. The second kappa shape index (κ2) is 6.88. The van der Waals surface area contributed by atoms with Gasteiger partial charge < -0.3 is 14.9 Å². The van der Waals surface area contributed by atoms with Crippen molar-refractivity contribution in [2.45, 2.75) is 89.7 Å². The Labute approximate surface area is 135 Å². The van der Waals surface area contributed by atoms with Crippen LogP contribution in [0.25, 0.3) is 0 Å². The molecule has 0 spiro atoms. The summed E-state index contributed by atoms with van der Waals surface area (Å²) >= 11 is 0. The molecule has 1 atom stereocenters. The first-order valence-electron chi connectivity index (χ1n) is 8.11. The van der Waals surface area contributed by atoms with Gasteiger partial charge in [0.2, 0.25) is 0 Å². The first-order chi connectivity index (χ1) is 9.89. The standard InChI is InChI=1S/C18H33NO3/c1-8-9-18(6,7)22-13-15(21)12-19-16(2,3)10-14(20)11-17(19,4)5/h1,14-15,20-21H,9-13H2,2-7H3/t15-/m1/s1. The number of aliphatic hydroxyl groups excluding tert-OH is 2. The normalized spacial score (nSPS) is 24.0. The van der Waals surface area contributed by atoms with Crippen LogP contribution in [0.5, 0.6) is 0 Å². The van der Waals surface area contributed by atoms with E-state index in [0.29, 0.717) is 25.8 Å². The van der Waals surface area contributed by atoms with Gasteiger partial charge in [-0.3, -0.25) is 4.90 Å². The van der Waals surface area contributed by atoms with Crippen LogP contribution in [0.15, 0.2) is 0 Å². The third-order valence-electron chi connectivity index (χ3n) is 4.52. The monoisotopic (exact) mass is 311 g/mol. The minimum Gasteiger partial charge on any atom is -0.393 e. The van der Waals surface area contributed by atoms with Gasteiger partial charge >= 0.3 is 0 Å². The molecule has 1 heterocycles. The molecule has 4 heteroatoms. The van der Waals surface area contributed by atoms with Crippen molar-refractivity contribution in [3.63, 3.8) is 0 Å². The number of piperidine rings is 1. The number of terminal acetylenes is 1. The number of rotatable bonds is 6. The first-order valence-corrected chi connectivity index (χ1v) is 8.11. The Morgan fingerprint density at radius 2 is 1.77 bits per heavy atom. The smallest absolute Gasteiger partial charge is 0.0900 e. The molecule has 4 nitrogen and oxygen atoms in total. The van der Waals surface area contributed by atoms with Crippen molar-refractivity contribution >= 4 is 0 Å². The largest absolute Gasteiger partial charge is 0.393 e. The minimum atomic E-state index is -0.578. The van der Waals surface area contributed by atoms with E-state index in [1.54, 1.807) is 0 Å². The van der Waals surface area contributed by atoms with Crippen molar-refractivity contribution in [1.82, 2.24) is 4.90 Å². The number of β-amino-alcohol motifs (C(OH)–C–C–N with tert-alkyl or cyclic N) is 1. The molecule has 0 aromatic rings. The number of ether oxygens (including phenoxy) is 1. The summed E-state index contributed by atoms with van der Waals surface area (Å²) in [6, 6.07) is 0. The van der Waals surface area contributed by atoms with Crippen LogP contribution in [0.1, 0.15) is 60.8 Å². The highest BCUT2D eigenvalue weighted by Gasteiger charge is 2.45. The van der Waals surface area contributed by atoms with Gasteiger partial charge in [-0.2, -0.15) is 0 Å². The number of likely N-dealkylation sites (tertiary alicyclic amines) is 1. The number of aliphatic hydroxyl groups is 2. The molecule has 1 aliphatic heterocycles. The van der Waals surface area contributed by atoms with Gasteiger partial charge in [0.15, 0.2) is 0 Å². The molecule has 0 aromatic carbocycles. The van der Waals surface area contributed by atoms with E-state index in [2.05, 4.69) is 38.5 Å². The van der Waals surface area contributed by atoms with Crippen LogP contribution in [-0.2, 0) is 4.74 Å². The molecule has 0 aliphatic carbocycles. The SMILES string of the molecule is C#CCC(C)(C)OC[C@H](O)CN1C(C)(C)CC(O)CC1(C)C. The first kappa shape index (κ1) is 19.4. The molecule has 1 fully saturated rings. The summed E-state index contributed by atoms with van der Waals surface area (Å²) in [7, 11) is 0. The minimum absolute atomic E-state index is 0.156. The van der Waals surface area contributed by atoms with Crippen LogP contribution in [0.2, 0.25) is 0 Å². The van der Waals surface area contributed by atoms with Gasteiger partial charge in [-0.1, -0.05) is 0 Å². The van der Waals surface area contributed by atoms with Crippen molar-refractivity contribution < 1.29 is 14.9 Å². The highest BCUT2D eigenvalue weighted by atomic mass is 16.5. The van der Waals surface area contributed by atoms with Crippen molar-refractivity contribution in [3.05, 3.63) is 0 Å². The van der Waals surface area contributed by atoms with Gasteiger partial charge in [0.1, 0.15) is 0 Å². The van der Waals surface area contributed by atoms with Crippen molar-refractivity contribution in [3.8, 4) is 12.3 Å². The Balaban J connectivity index is 2.66. The van der Waals surface area contributed by atoms with Crippen LogP contribution in [0, 0.1) is 12.3 Å².